The number of thiazole rings is 1. The predicted octanol–water partition coefficient (Wildman–Crippen LogP) is 7.06. The zero-order valence-electron chi connectivity index (χ0n) is 18.8. The van der Waals surface area contributed by atoms with Crippen LogP contribution >= 0.6 is 23.6 Å². The minimum Gasteiger partial charge on any atom is -0.457 e. The summed E-state index contributed by atoms with van der Waals surface area (Å²) in [6.07, 6.45) is 3.01. The van der Waals surface area contributed by atoms with E-state index in [-0.39, 0.29) is 11.0 Å². The van der Waals surface area contributed by atoms with Crippen molar-refractivity contribution in [2.24, 2.45) is 0 Å². The van der Waals surface area contributed by atoms with Crippen molar-refractivity contribution in [1.29, 1.82) is 0 Å². The van der Waals surface area contributed by atoms with Crippen LogP contribution in [-0.2, 0) is 4.79 Å². The number of carbonyl (C=O) groups excluding carboxylic acids is 1. The van der Waals surface area contributed by atoms with E-state index in [1.807, 2.05) is 85.8 Å². The Morgan fingerprint density at radius 3 is 2.60 bits per heavy atom. The molecule has 0 atom stereocenters. The summed E-state index contributed by atoms with van der Waals surface area (Å²) in [5, 5.41) is 6.96. The van der Waals surface area contributed by atoms with Crippen molar-refractivity contribution in [3.8, 4) is 21.9 Å². The maximum absolute atomic E-state index is 12.4. The lowest BCUT2D eigenvalue weighted by atomic mass is 10.1. The average molecular weight is 496 g/mol. The Hall–Kier alpha value is -4.07. The van der Waals surface area contributed by atoms with E-state index in [0.29, 0.717) is 5.76 Å². The quantitative estimate of drug-likeness (QED) is 0.202. The Balaban J connectivity index is 1.23. The molecule has 0 radical (unpaired) electrons. The summed E-state index contributed by atoms with van der Waals surface area (Å²) in [6.45, 7) is 1.98. The van der Waals surface area contributed by atoms with Crippen molar-refractivity contribution in [2.45, 2.75) is 6.92 Å². The molecular weight excluding hydrogens is 474 g/mol. The van der Waals surface area contributed by atoms with Gasteiger partial charge in [0.05, 0.1) is 10.2 Å². The standard InChI is InChI=1S/C28H21N3O2S2/c1-18-11-12-20(27-29-22-9-5-6-10-25(22)35-27)17-23(18)30-28(34)31-26(32)16-14-21-13-15-24(33-21)19-7-3-2-4-8-19/h2-17H,1H3,(H2,30,31,32,34)/b16-14+. The molecule has 2 aromatic heterocycles. The van der Waals surface area contributed by atoms with E-state index in [4.69, 9.17) is 21.6 Å². The van der Waals surface area contributed by atoms with Gasteiger partial charge < -0.3 is 9.73 Å². The number of aryl methyl sites for hydroxylation is 1. The van der Waals surface area contributed by atoms with E-state index in [2.05, 4.69) is 16.7 Å². The van der Waals surface area contributed by atoms with E-state index >= 15 is 0 Å². The second-order valence-corrected chi connectivity index (χ2v) is 9.30. The summed E-state index contributed by atoms with van der Waals surface area (Å²) in [5.41, 5.74) is 4.76. The summed E-state index contributed by atoms with van der Waals surface area (Å²) < 4.78 is 6.93. The molecule has 2 N–H and O–H groups in total. The SMILES string of the molecule is Cc1ccc(-c2nc3ccccc3s2)cc1NC(=S)NC(=O)/C=C/c1ccc(-c2ccccc2)o1. The number of hydrogen-bond donors (Lipinski definition) is 2. The Kier molecular flexibility index (Phi) is 6.52. The third-order valence-electron chi connectivity index (χ3n) is 5.35. The van der Waals surface area contributed by atoms with E-state index in [1.165, 1.54) is 6.08 Å². The first-order chi connectivity index (χ1) is 17.0. The maximum Gasteiger partial charge on any atom is 0.250 e. The van der Waals surface area contributed by atoms with Crippen molar-refractivity contribution < 1.29 is 9.21 Å². The molecule has 0 saturated carbocycles. The number of furan rings is 1. The topological polar surface area (TPSA) is 67.2 Å². The van der Waals surface area contributed by atoms with Gasteiger partial charge in [-0.3, -0.25) is 10.1 Å². The number of aromatic nitrogens is 1. The number of carbonyl (C=O) groups is 1. The van der Waals surface area contributed by atoms with Crippen molar-refractivity contribution in [3.63, 3.8) is 0 Å². The second kappa shape index (κ2) is 10.0. The molecule has 3 aromatic carbocycles. The molecule has 0 aliphatic rings. The molecular formula is C28H21N3O2S2. The van der Waals surface area contributed by atoms with Gasteiger partial charge in [-0.25, -0.2) is 4.98 Å². The Labute approximate surface area is 212 Å². The van der Waals surface area contributed by atoms with Gasteiger partial charge in [-0.15, -0.1) is 11.3 Å². The van der Waals surface area contributed by atoms with Crippen molar-refractivity contribution in [3.05, 3.63) is 102 Å². The molecule has 2 heterocycles. The lowest BCUT2D eigenvalue weighted by Crippen LogP contribution is -2.33. The van der Waals surface area contributed by atoms with Crippen LogP contribution in [0.5, 0.6) is 0 Å². The highest BCUT2D eigenvalue weighted by atomic mass is 32.1. The molecule has 5 nitrogen and oxygen atoms in total. The van der Waals surface area contributed by atoms with Crippen molar-refractivity contribution in [1.82, 2.24) is 10.3 Å². The zero-order valence-corrected chi connectivity index (χ0v) is 20.5. The number of nitrogens with one attached hydrogen (secondary N) is 2. The van der Waals surface area contributed by atoms with E-state index in [1.54, 1.807) is 17.4 Å². The van der Waals surface area contributed by atoms with Crippen LogP contribution in [-0.4, -0.2) is 16.0 Å². The normalized spacial score (nSPS) is 11.1. The predicted molar refractivity (Wildman–Crippen MR) is 147 cm³/mol. The number of amides is 1. The summed E-state index contributed by atoms with van der Waals surface area (Å²) >= 11 is 7.01. The van der Waals surface area contributed by atoms with Crippen LogP contribution in [0, 0.1) is 6.92 Å². The molecule has 0 spiro atoms. The summed E-state index contributed by atoms with van der Waals surface area (Å²) in [7, 11) is 0. The highest BCUT2D eigenvalue weighted by Gasteiger charge is 2.10. The third kappa shape index (κ3) is 5.37. The van der Waals surface area contributed by atoms with Crippen LogP contribution < -0.4 is 10.6 Å². The molecule has 5 rings (SSSR count). The fourth-order valence-electron chi connectivity index (χ4n) is 3.55. The largest absolute Gasteiger partial charge is 0.457 e. The molecule has 0 aliphatic heterocycles. The van der Waals surface area contributed by atoms with Crippen LogP contribution in [0.3, 0.4) is 0 Å². The van der Waals surface area contributed by atoms with Gasteiger partial charge in [-0.2, -0.15) is 0 Å². The minimum atomic E-state index is -0.347. The van der Waals surface area contributed by atoms with Crippen LogP contribution in [0.15, 0.2) is 95.4 Å². The molecule has 0 unspecified atom stereocenters. The fraction of sp³-hybridized carbons (Fsp3) is 0.0357. The molecule has 5 aromatic rings. The van der Waals surface area contributed by atoms with Crippen LogP contribution in [0.25, 0.3) is 38.2 Å². The number of thiocarbonyl (C=S) groups is 1. The number of benzene rings is 3. The smallest absolute Gasteiger partial charge is 0.250 e. The first-order valence-electron chi connectivity index (χ1n) is 11.0. The molecule has 35 heavy (non-hydrogen) atoms. The first-order valence-corrected chi connectivity index (χ1v) is 12.2. The van der Waals surface area contributed by atoms with Gasteiger partial charge in [0.2, 0.25) is 5.91 Å². The highest BCUT2D eigenvalue weighted by Crippen LogP contribution is 2.32. The maximum atomic E-state index is 12.4. The first kappa shape index (κ1) is 22.7. The monoisotopic (exact) mass is 495 g/mol. The minimum absolute atomic E-state index is 0.216. The Morgan fingerprint density at radius 1 is 0.971 bits per heavy atom. The molecule has 7 heteroatoms. The molecule has 0 bridgehead atoms. The Bertz CT molecular complexity index is 1520. The number of hydrogen-bond acceptors (Lipinski definition) is 5. The van der Waals surface area contributed by atoms with Crippen molar-refractivity contribution >= 4 is 56.6 Å². The number of fused-ring (bicyclic) bond motifs is 1. The lowest BCUT2D eigenvalue weighted by molar-refractivity contribution is -0.115. The molecule has 1 amide bonds. The van der Waals surface area contributed by atoms with Gasteiger partial charge in [-0.1, -0.05) is 54.6 Å². The number of para-hydroxylation sites is 1. The molecule has 0 fully saturated rings. The number of anilines is 1. The van der Waals surface area contributed by atoms with Crippen molar-refractivity contribution in [2.75, 3.05) is 5.32 Å². The number of rotatable bonds is 5. The van der Waals surface area contributed by atoms with Gasteiger partial charge in [0.15, 0.2) is 5.11 Å². The van der Waals surface area contributed by atoms with E-state index in [0.717, 1.165) is 43.4 Å². The van der Waals surface area contributed by atoms with Gasteiger partial charge in [0, 0.05) is 22.9 Å². The van der Waals surface area contributed by atoms with E-state index in [9.17, 15) is 4.79 Å². The fourth-order valence-corrected chi connectivity index (χ4v) is 4.72. The highest BCUT2D eigenvalue weighted by molar-refractivity contribution is 7.80. The summed E-state index contributed by atoms with van der Waals surface area (Å²) in [6, 6.07) is 27.6. The Morgan fingerprint density at radius 2 is 1.77 bits per heavy atom. The zero-order chi connectivity index (χ0) is 24.2. The van der Waals surface area contributed by atoms with E-state index < -0.39 is 0 Å². The second-order valence-electron chi connectivity index (χ2n) is 7.86. The number of nitrogens with zero attached hydrogens (tertiary/aromatic N) is 1. The van der Waals surface area contributed by atoms with Crippen LogP contribution in [0.1, 0.15) is 11.3 Å². The summed E-state index contributed by atoms with van der Waals surface area (Å²) in [5.74, 6) is 0.976. The van der Waals surface area contributed by atoms with Crippen LogP contribution in [0.4, 0.5) is 5.69 Å². The third-order valence-corrected chi connectivity index (χ3v) is 6.64. The molecule has 0 saturated heterocycles. The van der Waals surface area contributed by atoms with Gasteiger partial charge in [0.25, 0.3) is 0 Å². The van der Waals surface area contributed by atoms with Gasteiger partial charge in [-0.05, 0) is 61.1 Å². The van der Waals surface area contributed by atoms with Gasteiger partial charge in [0.1, 0.15) is 16.5 Å². The van der Waals surface area contributed by atoms with Crippen LogP contribution in [0.2, 0.25) is 0 Å². The molecule has 0 aliphatic carbocycles. The molecule has 172 valence electrons. The lowest BCUT2D eigenvalue weighted by Gasteiger charge is -2.12. The average Bonchev–Trinajstić information content (AvgIpc) is 3.52. The summed E-state index contributed by atoms with van der Waals surface area (Å²) in [4.78, 5) is 17.1. The van der Waals surface area contributed by atoms with Gasteiger partial charge >= 0.3 is 0 Å².